The highest BCUT2D eigenvalue weighted by Crippen LogP contribution is 2.48. The first kappa shape index (κ1) is 37.0. The maximum absolute atomic E-state index is 13.4. The van der Waals surface area contributed by atoms with Crippen LogP contribution in [0.3, 0.4) is 0 Å². The molecule has 2 atom stereocenters. The maximum atomic E-state index is 13.4. The van der Waals surface area contributed by atoms with Gasteiger partial charge in [0.25, 0.3) is 0 Å². The molecule has 0 N–H and O–H groups in total. The number of carbonyl (C=O) groups excluding carboxylic acids is 1. The molecule has 0 amide bonds. The Kier molecular flexibility index (Phi) is 10.6. The normalized spacial score (nSPS) is 21.6. The van der Waals surface area contributed by atoms with Crippen LogP contribution >= 0.6 is 31.9 Å². The van der Waals surface area contributed by atoms with Crippen molar-refractivity contribution in [3.8, 4) is 6.19 Å². The molecule has 4 aromatic rings. The molecule has 0 aromatic heterocycles. The average Bonchev–Trinajstić information content (AvgIpc) is 3.51. The smallest absolute Gasteiger partial charge is 0.205 e. The fourth-order valence-electron chi connectivity index (χ4n) is 8.12. The minimum absolute atomic E-state index is 0.135. The summed E-state index contributed by atoms with van der Waals surface area (Å²) < 4.78 is 32.8. The van der Waals surface area contributed by atoms with Crippen molar-refractivity contribution in [2.45, 2.75) is 71.0 Å². The minimum Gasteiger partial charge on any atom is -0.294 e. The molecule has 8 rings (SSSR count). The summed E-state index contributed by atoms with van der Waals surface area (Å²) >= 11 is 6.95. The number of aliphatic imine (C=N–C) groups is 1. The van der Waals surface area contributed by atoms with Gasteiger partial charge in [-0.05, 0) is 165 Å². The van der Waals surface area contributed by atoms with Gasteiger partial charge in [0.1, 0.15) is 11.6 Å². The number of benzene rings is 4. The molecule has 0 aliphatic heterocycles. The van der Waals surface area contributed by atoms with Crippen molar-refractivity contribution >= 4 is 57.5 Å². The first-order chi connectivity index (χ1) is 24.2. The van der Waals surface area contributed by atoms with Crippen LogP contribution in [0.25, 0.3) is 0 Å². The van der Waals surface area contributed by atoms with E-state index in [1.165, 1.54) is 23.3 Å². The third-order valence-electron chi connectivity index (χ3n) is 10.4. The van der Waals surface area contributed by atoms with Gasteiger partial charge in [-0.2, -0.15) is 10.3 Å². The Morgan fingerprint density at radius 3 is 1.71 bits per heavy atom. The van der Waals surface area contributed by atoms with Gasteiger partial charge in [-0.3, -0.25) is 9.45 Å². The van der Waals surface area contributed by atoms with Gasteiger partial charge in [-0.25, -0.2) is 8.78 Å². The van der Waals surface area contributed by atoms with Gasteiger partial charge in [0.15, 0.2) is 14.0 Å². The van der Waals surface area contributed by atoms with Gasteiger partial charge in [-0.1, -0.05) is 56.1 Å². The van der Waals surface area contributed by atoms with Crippen molar-refractivity contribution in [1.82, 2.24) is 0 Å². The Morgan fingerprint density at radius 1 is 0.706 bits per heavy atom. The molecule has 4 aliphatic rings. The molecule has 0 heterocycles. The molecule has 4 aliphatic carbocycles. The van der Waals surface area contributed by atoms with Gasteiger partial charge in [0.2, 0.25) is 6.19 Å². The van der Waals surface area contributed by atoms with Crippen molar-refractivity contribution in [2.24, 2.45) is 20.5 Å². The van der Waals surface area contributed by atoms with E-state index < -0.39 is 8.24 Å². The molecule has 4 nitrogen and oxygen atoms in total. The Balaban J connectivity index is 0.000000149. The molecule has 9 heteroatoms. The molecule has 0 fully saturated rings. The molecule has 2 unspecified atom stereocenters. The van der Waals surface area contributed by atoms with Crippen LogP contribution < -0.4 is 0 Å². The van der Waals surface area contributed by atoms with Crippen molar-refractivity contribution in [3.05, 3.63) is 144 Å². The quantitative estimate of drug-likeness (QED) is 0.109. The third kappa shape index (κ3) is 7.85. The molecule has 0 saturated heterocycles. The maximum Gasteiger partial charge on any atom is 0.205 e. The summed E-state index contributed by atoms with van der Waals surface area (Å²) in [5, 5.41) is 9.17. The van der Waals surface area contributed by atoms with Gasteiger partial charge < -0.3 is 0 Å². The predicted octanol–water partition coefficient (Wildman–Crippen LogP) is 10.8. The fourth-order valence-corrected chi connectivity index (χ4v) is 9.32. The average molecular weight is 828 g/mol. The third-order valence-corrected chi connectivity index (χ3v) is 12.2. The zero-order valence-corrected chi connectivity index (χ0v) is 33.2. The summed E-state index contributed by atoms with van der Waals surface area (Å²) in [6.07, 6.45) is 8.56. The lowest BCUT2D eigenvalue weighted by Crippen LogP contribution is -2.35. The summed E-state index contributed by atoms with van der Waals surface area (Å²) in [5.41, 5.74) is 9.22. The summed E-state index contributed by atoms with van der Waals surface area (Å²) in [5.74, 6) is 2.44. The van der Waals surface area contributed by atoms with Crippen molar-refractivity contribution in [1.29, 1.82) is 5.26 Å². The lowest BCUT2D eigenvalue weighted by molar-refractivity contribution is 0.0794. The molecular formula is C42H39Br2F2N3OSi. The summed E-state index contributed by atoms with van der Waals surface area (Å²) in [6, 6.07) is 22.2. The Morgan fingerprint density at radius 2 is 1.18 bits per heavy atom. The SMILES string of the molecule is C=C=N[Si](C)(C)C.N#CN=C1c2cc(Br)ccc2CC12CCc1cc(F)ccc1C2.O=C1c2cc(Br)ccc2CC12CCc1cc(F)ccc1C2. The van der Waals surface area contributed by atoms with Gasteiger partial charge in [0, 0.05) is 30.9 Å². The van der Waals surface area contributed by atoms with Crippen LogP contribution in [-0.2, 0) is 38.5 Å². The largest absolute Gasteiger partial charge is 0.294 e. The Labute approximate surface area is 316 Å². The second kappa shape index (κ2) is 14.7. The molecule has 2 spiro atoms. The number of fused-ring (bicyclic) bond motifs is 4. The highest BCUT2D eigenvalue weighted by molar-refractivity contribution is 9.10. The number of hydrogen-bond donors (Lipinski definition) is 0. The van der Waals surface area contributed by atoms with Crippen LogP contribution in [0.1, 0.15) is 62.1 Å². The monoisotopic (exact) mass is 825 g/mol. The predicted molar refractivity (Wildman–Crippen MR) is 210 cm³/mol. The van der Waals surface area contributed by atoms with E-state index in [-0.39, 0.29) is 28.2 Å². The van der Waals surface area contributed by atoms with Crippen LogP contribution in [0.4, 0.5) is 8.78 Å². The fraction of sp³-hybridized carbons (Fsp3) is 0.310. The molecule has 4 aromatic carbocycles. The van der Waals surface area contributed by atoms with E-state index >= 15 is 0 Å². The van der Waals surface area contributed by atoms with E-state index in [2.05, 4.69) is 85.7 Å². The van der Waals surface area contributed by atoms with Gasteiger partial charge in [0.05, 0.1) is 5.71 Å². The standard InChI is InChI=1S/C19H14BrFN2.C18H14BrFO.C5H11NSi/c20-15-3-1-14-10-19(18(23-11-22)17(14)8-15)6-5-12-7-16(21)4-2-13(12)9-19;19-14-3-1-13-10-18(17(21)16(13)8-14)6-5-11-7-15(20)4-2-12(11)9-18;1-5-6-7(2,3)4/h1-4,7-8H,5-6,9-10H2;1-4,7-8H,5-6,9-10H2;1H2,2-4H3. The highest BCUT2D eigenvalue weighted by Gasteiger charge is 2.47. The molecule has 0 radical (unpaired) electrons. The molecule has 0 bridgehead atoms. The number of nitriles is 1. The molecule has 260 valence electrons. The zero-order chi connectivity index (χ0) is 36.6. The van der Waals surface area contributed by atoms with E-state index in [1.54, 1.807) is 12.1 Å². The van der Waals surface area contributed by atoms with Gasteiger partial charge >= 0.3 is 0 Å². The molecule has 0 saturated carbocycles. The van der Waals surface area contributed by atoms with Crippen LogP contribution in [0.5, 0.6) is 0 Å². The number of aryl methyl sites for hydroxylation is 2. The van der Waals surface area contributed by atoms with Crippen LogP contribution in [0.2, 0.25) is 19.6 Å². The van der Waals surface area contributed by atoms with E-state index in [9.17, 15) is 13.6 Å². The number of halogens is 4. The molecular weight excluding hydrogens is 788 g/mol. The number of hydrogen-bond acceptors (Lipinski definition) is 4. The van der Waals surface area contributed by atoms with Crippen molar-refractivity contribution < 1.29 is 13.6 Å². The summed E-state index contributed by atoms with van der Waals surface area (Å²) in [6.45, 7) is 9.82. The molecule has 51 heavy (non-hydrogen) atoms. The first-order valence-electron chi connectivity index (χ1n) is 17.1. The van der Waals surface area contributed by atoms with Gasteiger partial charge in [-0.15, -0.1) is 0 Å². The minimum atomic E-state index is -1.21. The van der Waals surface area contributed by atoms with E-state index in [4.69, 9.17) is 5.26 Å². The zero-order valence-electron chi connectivity index (χ0n) is 29.1. The topological polar surface area (TPSA) is 65.6 Å². The summed E-state index contributed by atoms with van der Waals surface area (Å²) in [4.78, 5) is 17.1. The van der Waals surface area contributed by atoms with Crippen molar-refractivity contribution in [3.63, 3.8) is 0 Å². The summed E-state index contributed by atoms with van der Waals surface area (Å²) in [7, 11) is -1.21. The Hall–Kier alpha value is -3.80. The van der Waals surface area contributed by atoms with E-state index in [0.717, 1.165) is 99.4 Å². The van der Waals surface area contributed by atoms with E-state index in [0.29, 0.717) is 0 Å². The number of Topliss-reactive ketones (excluding diaryl/α,β-unsaturated/α-hetero) is 1. The first-order valence-corrected chi connectivity index (χ1v) is 22.2. The second-order valence-corrected chi connectivity index (χ2v) is 21.4. The lowest BCUT2D eigenvalue weighted by Gasteiger charge is -2.35. The second-order valence-electron chi connectivity index (χ2n) is 15.0. The highest BCUT2D eigenvalue weighted by atomic mass is 79.9. The van der Waals surface area contributed by atoms with Crippen LogP contribution in [0, 0.1) is 33.9 Å². The van der Waals surface area contributed by atoms with Crippen molar-refractivity contribution in [2.75, 3.05) is 0 Å². The lowest BCUT2D eigenvalue weighted by atomic mass is 9.68. The number of nitrogens with zero attached hydrogens (tertiary/aromatic N) is 3. The number of rotatable bonds is 1. The van der Waals surface area contributed by atoms with Crippen LogP contribution in [-0.4, -0.2) is 25.6 Å². The number of ketones is 1. The van der Waals surface area contributed by atoms with E-state index in [1.807, 2.05) is 42.6 Å². The number of carbonyl (C=O) groups is 1. The van der Waals surface area contributed by atoms with Crippen LogP contribution in [0.15, 0.2) is 98.0 Å². The Bertz CT molecular complexity index is 2160.